The summed E-state index contributed by atoms with van der Waals surface area (Å²) in [5.74, 6) is 3.03. The molecule has 0 radical (unpaired) electrons. The molecule has 1 aliphatic rings. The normalized spacial score (nSPS) is 14.7. The van der Waals surface area contributed by atoms with Gasteiger partial charge in [-0.05, 0) is 18.2 Å². The molecule has 3 aromatic heterocycles. The van der Waals surface area contributed by atoms with E-state index in [4.69, 9.17) is 11.6 Å². The second-order valence-corrected chi connectivity index (χ2v) is 8.63. The fraction of sp³-hybridized carbons (Fsp3) is 0.300. The van der Waals surface area contributed by atoms with Crippen LogP contribution in [0.1, 0.15) is 12.2 Å². The molecule has 0 unspecified atom stereocenters. The molecule has 0 N–H and O–H groups in total. The number of rotatable bonds is 4. The van der Waals surface area contributed by atoms with Crippen LogP contribution < -0.4 is 0 Å². The van der Waals surface area contributed by atoms with Gasteiger partial charge >= 0.3 is 0 Å². The van der Waals surface area contributed by atoms with Gasteiger partial charge in [-0.1, -0.05) is 23.7 Å². The van der Waals surface area contributed by atoms with Crippen LogP contribution in [-0.2, 0) is 11.2 Å². The lowest BCUT2D eigenvalue weighted by atomic mass is 10.1. The summed E-state index contributed by atoms with van der Waals surface area (Å²) in [5.41, 5.74) is 3.44. The molecule has 148 valence electrons. The Morgan fingerprint density at radius 2 is 1.90 bits per heavy atom. The summed E-state index contributed by atoms with van der Waals surface area (Å²) >= 11 is 7.89. The molecule has 1 amide bonds. The maximum absolute atomic E-state index is 12.5. The van der Waals surface area contributed by atoms with Crippen molar-refractivity contribution in [1.29, 1.82) is 0 Å². The van der Waals surface area contributed by atoms with Crippen molar-refractivity contribution in [1.82, 2.24) is 29.1 Å². The molecule has 1 aliphatic heterocycles. The van der Waals surface area contributed by atoms with Crippen LogP contribution in [0.5, 0.6) is 0 Å². The Balaban J connectivity index is 1.41. The number of halogens is 1. The number of carbonyl (C=O) groups excluding carboxylic acids is 1. The smallest absolute Gasteiger partial charge is 0.223 e. The maximum Gasteiger partial charge on any atom is 0.223 e. The molecular weight excluding hydrogens is 408 g/mol. The van der Waals surface area contributed by atoms with Gasteiger partial charge in [0.25, 0.3) is 0 Å². The van der Waals surface area contributed by atoms with Crippen LogP contribution in [0.15, 0.2) is 42.7 Å². The second-order valence-electron chi connectivity index (χ2n) is 6.97. The van der Waals surface area contributed by atoms with Crippen molar-refractivity contribution >= 4 is 40.4 Å². The fourth-order valence-electron chi connectivity index (χ4n) is 3.58. The molecule has 0 aliphatic carbocycles. The molecule has 0 saturated carbocycles. The van der Waals surface area contributed by atoms with E-state index in [1.807, 2.05) is 63.8 Å². The van der Waals surface area contributed by atoms with Crippen LogP contribution >= 0.6 is 23.4 Å². The first kappa shape index (κ1) is 18.4. The molecule has 7 nitrogen and oxygen atoms in total. The second kappa shape index (κ2) is 7.68. The lowest BCUT2D eigenvalue weighted by molar-refractivity contribution is -0.130. The van der Waals surface area contributed by atoms with Crippen LogP contribution in [0.2, 0.25) is 5.02 Å². The average molecular weight is 427 g/mol. The number of hydrogen-bond donors (Lipinski definition) is 0. The lowest BCUT2D eigenvalue weighted by Gasteiger charge is -2.26. The van der Waals surface area contributed by atoms with Gasteiger partial charge in [-0.3, -0.25) is 9.20 Å². The Labute approximate surface area is 176 Å². The number of aromatic nitrogens is 5. The van der Waals surface area contributed by atoms with Crippen molar-refractivity contribution in [3.05, 3.63) is 53.6 Å². The molecule has 0 atom stereocenters. The number of benzene rings is 1. The van der Waals surface area contributed by atoms with Gasteiger partial charge in [0.05, 0.1) is 5.69 Å². The third kappa shape index (κ3) is 3.58. The first-order chi connectivity index (χ1) is 14.2. The Morgan fingerprint density at radius 3 is 2.69 bits per heavy atom. The van der Waals surface area contributed by atoms with Crippen LogP contribution in [-0.4, -0.2) is 59.6 Å². The van der Waals surface area contributed by atoms with E-state index in [9.17, 15) is 4.79 Å². The summed E-state index contributed by atoms with van der Waals surface area (Å²) in [6.07, 6.45) is 4.81. The summed E-state index contributed by atoms with van der Waals surface area (Å²) in [6.45, 7) is 1.68. The van der Waals surface area contributed by atoms with Gasteiger partial charge < -0.3 is 4.90 Å². The van der Waals surface area contributed by atoms with Gasteiger partial charge in [0.2, 0.25) is 5.91 Å². The standard InChI is InChI=1S/C20H19ClN6OS/c21-15-3-1-14(2-4-15)16-13-17-20-23-22-18(26(20)7-8-27(17)24-16)5-6-19(28)25-9-11-29-12-10-25/h1-4,7-8,13H,5-6,9-12H2. The average Bonchev–Trinajstić information content (AvgIpc) is 3.37. The zero-order chi connectivity index (χ0) is 19.8. The quantitative estimate of drug-likeness (QED) is 0.501. The van der Waals surface area contributed by atoms with Crippen LogP contribution in [0, 0.1) is 0 Å². The Morgan fingerprint density at radius 1 is 1.10 bits per heavy atom. The van der Waals surface area contributed by atoms with Gasteiger partial charge in [-0.15, -0.1) is 10.2 Å². The molecule has 0 spiro atoms. The summed E-state index contributed by atoms with van der Waals surface area (Å²) in [4.78, 5) is 14.4. The van der Waals surface area contributed by atoms with E-state index in [-0.39, 0.29) is 5.91 Å². The third-order valence-corrected chi connectivity index (χ3v) is 6.35. The molecule has 1 aromatic carbocycles. The largest absolute Gasteiger partial charge is 0.341 e. The van der Waals surface area contributed by atoms with Gasteiger partial charge in [0, 0.05) is 60.4 Å². The van der Waals surface area contributed by atoms with Gasteiger partial charge in [0.15, 0.2) is 5.65 Å². The third-order valence-electron chi connectivity index (χ3n) is 5.15. The van der Waals surface area contributed by atoms with Gasteiger partial charge in [-0.25, -0.2) is 4.52 Å². The van der Waals surface area contributed by atoms with Gasteiger partial charge in [-0.2, -0.15) is 16.9 Å². The summed E-state index contributed by atoms with van der Waals surface area (Å²) < 4.78 is 3.75. The maximum atomic E-state index is 12.5. The topological polar surface area (TPSA) is 67.8 Å². The van der Waals surface area contributed by atoms with Crippen molar-refractivity contribution in [2.45, 2.75) is 12.8 Å². The number of nitrogens with zero attached hydrogens (tertiary/aromatic N) is 6. The number of fused-ring (bicyclic) bond motifs is 3. The minimum absolute atomic E-state index is 0.192. The first-order valence-corrected chi connectivity index (χ1v) is 11.1. The van der Waals surface area contributed by atoms with Crippen molar-refractivity contribution < 1.29 is 4.79 Å². The van der Waals surface area contributed by atoms with Crippen molar-refractivity contribution in [2.24, 2.45) is 0 Å². The van der Waals surface area contributed by atoms with E-state index in [0.29, 0.717) is 17.9 Å². The van der Waals surface area contributed by atoms with Crippen LogP contribution in [0.25, 0.3) is 22.4 Å². The van der Waals surface area contributed by atoms with Crippen molar-refractivity contribution in [2.75, 3.05) is 24.6 Å². The predicted octanol–water partition coefficient (Wildman–Crippen LogP) is 3.21. The zero-order valence-corrected chi connectivity index (χ0v) is 17.2. The monoisotopic (exact) mass is 426 g/mol. The Kier molecular flexibility index (Phi) is 4.89. The van der Waals surface area contributed by atoms with E-state index in [2.05, 4.69) is 15.3 Å². The Hall–Kier alpha value is -2.58. The van der Waals surface area contributed by atoms with E-state index < -0.39 is 0 Å². The molecule has 9 heteroatoms. The lowest BCUT2D eigenvalue weighted by Crippen LogP contribution is -2.38. The SMILES string of the molecule is O=C(CCc1nnc2c3cc(-c4ccc(Cl)cc4)nn3ccn12)N1CCSCC1. The summed E-state index contributed by atoms with van der Waals surface area (Å²) in [5, 5.41) is 14.0. The number of thioether (sulfide) groups is 1. The zero-order valence-electron chi connectivity index (χ0n) is 15.7. The van der Waals surface area contributed by atoms with Crippen LogP contribution in [0.3, 0.4) is 0 Å². The number of aryl methyl sites for hydroxylation is 1. The molecule has 29 heavy (non-hydrogen) atoms. The highest BCUT2D eigenvalue weighted by atomic mass is 35.5. The molecule has 4 aromatic rings. The highest BCUT2D eigenvalue weighted by molar-refractivity contribution is 7.99. The molecule has 5 rings (SSSR count). The van der Waals surface area contributed by atoms with Gasteiger partial charge in [0.1, 0.15) is 11.3 Å². The molecule has 0 bridgehead atoms. The minimum atomic E-state index is 0.192. The minimum Gasteiger partial charge on any atom is -0.341 e. The summed E-state index contributed by atoms with van der Waals surface area (Å²) in [7, 11) is 0. The number of hydrogen-bond acceptors (Lipinski definition) is 5. The Bertz CT molecular complexity index is 1180. The van der Waals surface area contributed by atoms with E-state index in [1.165, 1.54) is 0 Å². The van der Waals surface area contributed by atoms with E-state index >= 15 is 0 Å². The number of carbonyl (C=O) groups is 1. The van der Waals surface area contributed by atoms with E-state index in [0.717, 1.165) is 52.8 Å². The van der Waals surface area contributed by atoms with Crippen molar-refractivity contribution in [3.8, 4) is 11.3 Å². The molecule has 4 heterocycles. The van der Waals surface area contributed by atoms with Crippen molar-refractivity contribution in [3.63, 3.8) is 0 Å². The van der Waals surface area contributed by atoms with Crippen LogP contribution in [0.4, 0.5) is 0 Å². The first-order valence-electron chi connectivity index (χ1n) is 9.52. The molecule has 1 fully saturated rings. The van der Waals surface area contributed by atoms with E-state index in [1.54, 1.807) is 4.52 Å². The highest BCUT2D eigenvalue weighted by Crippen LogP contribution is 2.23. The predicted molar refractivity (Wildman–Crippen MR) is 114 cm³/mol. The number of amides is 1. The summed E-state index contributed by atoms with van der Waals surface area (Å²) in [6, 6.07) is 9.59. The fourth-order valence-corrected chi connectivity index (χ4v) is 4.61. The highest BCUT2D eigenvalue weighted by Gasteiger charge is 2.18. The molecular formula is C20H19ClN6OS. The molecule has 1 saturated heterocycles.